The molecule has 0 aromatic carbocycles. The van der Waals surface area contributed by atoms with Crippen LogP contribution in [0.1, 0.15) is 29.5 Å². The van der Waals surface area contributed by atoms with Crippen LogP contribution in [0.15, 0.2) is 11.8 Å². The average molecular weight is 208 g/mol. The van der Waals surface area contributed by atoms with Crippen LogP contribution in [0.25, 0.3) is 0 Å². The van der Waals surface area contributed by atoms with Crippen LogP contribution < -0.4 is 0 Å². The summed E-state index contributed by atoms with van der Waals surface area (Å²) in [7, 11) is 1.88. The molecule has 0 spiro atoms. The smallest absolute Gasteiger partial charge is 0.139 e. The number of aliphatic hydroxyl groups excluding tert-OH is 1. The van der Waals surface area contributed by atoms with Crippen molar-refractivity contribution in [3.05, 3.63) is 28.8 Å². The Hall–Kier alpha value is -1.29. The molecule has 1 aromatic heterocycles. The molecular formula is C11H16N2O2. The monoisotopic (exact) mass is 208 g/mol. The summed E-state index contributed by atoms with van der Waals surface area (Å²) in [5.74, 6) is 0.661. The zero-order valence-corrected chi connectivity index (χ0v) is 9.32. The van der Waals surface area contributed by atoms with E-state index in [-0.39, 0.29) is 0 Å². The summed E-state index contributed by atoms with van der Waals surface area (Å²) in [5, 5.41) is 14.4. The molecule has 1 N–H and O–H groups in total. The largest absolute Gasteiger partial charge is 0.495 e. The highest BCUT2D eigenvalue weighted by Crippen LogP contribution is 2.30. The fourth-order valence-corrected chi connectivity index (χ4v) is 1.96. The van der Waals surface area contributed by atoms with Crippen LogP contribution in [0.2, 0.25) is 0 Å². The molecule has 2 heterocycles. The van der Waals surface area contributed by atoms with Crippen molar-refractivity contribution in [2.24, 2.45) is 7.05 Å². The van der Waals surface area contributed by atoms with Gasteiger partial charge in [0.25, 0.3) is 0 Å². The maximum absolute atomic E-state index is 10.1. The van der Waals surface area contributed by atoms with Crippen LogP contribution in [-0.4, -0.2) is 21.5 Å². The fourth-order valence-electron chi connectivity index (χ4n) is 1.96. The molecule has 2 rings (SSSR count). The molecule has 4 nitrogen and oxygen atoms in total. The summed E-state index contributed by atoms with van der Waals surface area (Å²) in [6.07, 6.45) is 2.16. The van der Waals surface area contributed by atoms with Crippen LogP contribution in [0.3, 0.4) is 0 Å². The first-order valence-corrected chi connectivity index (χ1v) is 5.12. The Morgan fingerprint density at radius 2 is 2.27 bits per heavy atom. The average Bonchev–Trinajstić information content (AvgIpc) is 2.76. The molecule has 82 valence electrons. The molecule has 1 unspecified atom stereocenters. The van der Waals surface area contributed by atoms with Gasteiger partial charge in [-0.15, -0.1) is 0 Å². The van der Waals surface area contributed by atoms with Gasteiger partial charge in [-0.2, -0.15) is 5.10 Å². The SMILES string of the molecule is Cc1nn(C)c(C)c1C(O)C1=CCCO1. The Morgan fingerprint density at radius 1 is 1.53 bits per heavy atom. The molecule has 0 saturated carbocycles. The van der Waals surface area contributed by atoms with Gasteiger partial charge in [-0.1, -0.05) is 0 Å². The van der Waals surface area contributed by atoms with Crippen molar-refractivity contribution in [2.75, 3.05) is 6.61 Å². The number of rotatable bonds is 2. The number of hydrogen-bond acceptors (Lipinski definition) is 3. The van der Waals surface area contributed by atoms with Crippen molar-refractivity contribution in [3.8, 4) is 0 Å². The van der Waals surface area contributed by atoms with Crippen LogP contribution >= 0.6 is 0 Å². The number of aromatic nitrogens is 2. The van der Waals surface area contributed by atoms with Crippen LogP contribution in [0.4, 0.5) is 0 Å². The lowest BCUT2D eigenvalue weighted by molar-refractivity contribution is 0.118. The van der Waals surface area contributed by atoms with E-state index < -0.39 is 6.10 Å². The zero-order chi connectivity index (χ0) is 11.0. The highest BCUT2D eigenvalue weighted by molar-refractivity contribution is 5.31. The fraction of sp³-hybridized carbons (Fsp3) is 0.545. The van der Waals surface area contributed by atoms with Crippen LogP contribution in [0, 0.1) is 13.8 Å². The van der Waals surface area contributed by atoms with Gasteiger partial charge in [-0.25, -0.2) is 0 Å². The normalized spacial score (nSPS) is 17.5. The standard InChI is InChI=1S/C11H16N2O2/c1-7-10(8(2)13(3)12-7)11(14)9-5-4-6-15-9/h5,11,14H,4,6H2,1-3H3. The molecular weight excluding hydrogens is 192 g/mol. The van der Waals surface area contributed by atoms with Gasteiger partial charge in [-0.05, 0) is 19.9 Å². The summed E-state index contributed by atoms with van der Waals surface area (Å²) in [6, 6.07) is 0. The second-order valence-electron chi connectivity index (χ2n) is 3.85. The molecule has 0 aliphatic carbocycles. The van der Waals surface area contributed by atoms with E-state index in [1.54, 1.807) is 4.68 Å². The first-order chi connectivity index (χ1) is 7.11. The second kappa shape index (κ2) is 3.70. The number of nitrogens with zero attached hydrogens (tertiary/aromatic N) is 2. The number of ether oxygens (including phenoxy) is 1. The van der Waals surface area contributed by atoms with Gasteiger partial charge in [0, 0.05) is 24.7 Å². The molecule has 1 aromatic rings. The van der Waals surface area contributed by atoms with Gasteiger partial charge in [-0.3, -0.25) is 4.68 Å². The molecule has 1 atom stereocenters. The topological polar surface area (TPSA) is 47.3 Å². The van der Waals surface area contributed by atoms with Gasteiger partial charge in [0.1, 0.15) is 11.9 Å². The first-order valence-electron chi connectivity index (χ1n) is 5.12. The molecule has 0 saturated heterocycles. The van der Waals surface area contributed by atoms with E-state index in [4.69, 9.17) is 4.74 Å². The van der Waals surface area contributed by atoms with E-state index in [1.807, 2.05) is 27.0 Å². The molecule has 0 radical (unpaired) electrons. The minimum Gasteiger partial charge on any atom is -0.495 e. The van der Waals surface area contributed by atoms with Gasteiger partial charge in [0.05, 0.1) is 12.3 Å². The van der Waals surface area contributed by atoms with Gasteiger partial charge in [0.2, 0.25) is 0 Å². The van der Waals surface area contributed by atoms with E-state index in [9.17, 15) is 5.11 Å². The molecule has 4 heteroatoms. The van der Waals surface area contributed by atoms with Crippen LogP contribution in [-0.2, 0) is 11.8 Å². The van der Waals surface area contributed by atoms with Crippen molar-refractivity contribution < 1.29 is 9.84 Å². The maximum Gasteiger partial charge on any atom is 0.139 e. The second-order valence-corrected chi connectivity index (χ2v) is 3.85. The van der Waals surface area contributed by atoms with E-state index in [2.05, 4.69) is 5.10 Å². The van der Waals surface area contributed by atoms with Gasteiger partial charge < -0.3 is 9.84 Å². The van der Waals surface area contributed by atoms with E-state index in [1.165, 1.54) is 0 Å². The maximum atomic E-state index is 10.1. The Bertz CT molecular complexity index is 407. The lowest BCUT2D eigenvalue weighted by Gasteiger charge is -2.12. The Labute approximate surface area is 89.2 Å². The molecule has 15 heavy (non-hydrogen) atoms. The summed E-state index contributed by atoms with van der Waals surface area (Å²) in [5.41, 5.74) is 2.71. The molecule has 0 amide bonds. The lowest BCUT2D eigenvalue weighted by Crippen LogP contribution is -2.05. The van der Waals surface area contributed by atoms with E-state index in [0.717, 1.165) is 23.4 Å². The summed E-state index contributed by atoms with van der Waals surface area (Å²) in [6.45, 7) is 4.53. The van der Waals surface area contributed by atoms with Gasteiger partial charge in [0.15, 0.2) is 0 Å². The quantitative estimate of drug-likeness (QED) is 0.798. The van der Waals surface area contributed by atoms with Crippen molar-refractivity contribution in [3.63, 3.8) is 0 Å². The predicted molar refractivity (Wildman–Crippen MR) is 56.3 cm³/mol. The Balaban J connectivity index is 2.36. The number of aliphatic hydroxyl groups is 1. The number of hydrogen-bond donors (Lipinski definition) is 1. The van der Waals surface area contributed by atoms with Crippen LogP contribution in [0.5, 0.6) is 0 Å². The summed E-state index contributed by atoms with van der Waals surface area (Å²) in [4.78, 5) is 0. The summed E-state index contributed by atoms with van der Waals surface area (Å²) >= 11 is 0. The minimum absolute atomic E-state index is 0.661. The highest BCUT2D eigenvalue weighted by atomic mass is 16.5. The lowest BCUT2D eigenvalue weighted by atomic mass is 10.1. The van der Waals surface area contributed by atoms with Crippen molar-refractivity contribution in [1.29, 1.82) is 0 Å². The zero-order valence-electron chi connectivity index (χ0n) is 9.32. The predicted octanol–water partition coefficient (Wildman–Crippen LogP) is 1.37. The van der Waals surface area contributed by atoms with Gasteiger partial charge >= 0.3 is 0 Å². The molecule has 0 bridgehead atoms. The molecule has 1 aliphatic heterocycles. The summed E-state index contributed by atoms with van der Waals surface area (Å²) < 4.78 is 7.14. The molecule has 0 fully saturated rings. The van der Waals surface area contributed by atoms with E-state index >= 15 is 0 Å². The molecule has 1 aliphatic rings. The Morgan fingerprint density at radius 3 is 2.73 bits per heavy atom. The third-order valence-electron chi connectivity index (χ3n) is 2.84. The Kier molecular flexibility index (Phi) is 2.52. The van der Waals surface area contributed by atoms with Crippen molar-refractivity contribution in [2.45, 2.75) is 26.4 Å². The minimum atomic E-state index is -0.666. The van der Waals surface area contributed by atoms with E-state index in [0.29, 0.717) is 12.4 Å². The van der Waals surface area contributed by atoms with Crippen molar-refractivity contribution >= 4 is 0 Å². The number of aryl methyl sites for hydroxylation is 2. The highest BCUT2D eigenvalue weighted by Gasteiger charge is 2.24. The van der Waals surface area contributed by atoms with Crippen molar-refractivity contribution in [1.82, 2.24) is 9.78 Å². The first kappa shape index (κ1) is 10.2. The third kappa shape index (κ3) is 1.65. The third-order valence-corrected chi connectivity index (χ3v) is 2.84.